The van der Waals surface area contributed by atoms with E-state index >= 15 is 0 Å². The third-order valence-corrected chi connectivity index (χ3v) is 4.62. The van der Waals surface area contributed by atoms with E-state index in [4.69, 9.17) is 9.47 Å². The highest BCUT2D eigenvalue weighted by molar-refractivity contribution is 5.81. The third kappa shape index (κ3) is 3.50. The average molecular weight is 303 g/mol. The van der Waals surface area contributed by atoms with E-state index in [0.29, 0.717) is 6.61 Å². The molecule has 2 saturated heterocycles. The molecule has 0 saturated carbocycles. The molecule has 0 radical (unpaired) electrons. The van der Waals surface area contributed by atoms with Gasteiger partial charge in [-0.05, 0) is 38.2 Å². The first-order valence-electron chi connectivity index (χ1n) is 8.34. The summed E-state index contributed by atoms with van der Waals surface area (Å²) < 4.78 is 11.3. The molecule has 2 heterocycles. The second-order valence-electron chi connectivity index (χ2n) is 6.21. The number of carbonyl (C=O) groups excluding carboxylic acids is 1. The minimum atomic E-state index is -0.395. The number of amides is 1. The van der Waals surface area contributed by atoms with Crippen LogP contribution in [-0.2, 0) is 14.3 Å². The Morgan fingerprint density at radius 3 is 2.86 bits per heavy atom. The van der Waals surface area contributed by atoms with Crippen LogP contribution in [0.5, 0.6) is 0 Å². The van der Waals surface area contributed by atoms with Crippen LogP contribution in [0, 0.1) is 0 Å². The van der Waals surface area contributed by atoms with Gasteiger partial charge in [0, 0.05) is 13.2 Å². The van der Waals surface area contributed by atoms with Crippen LogP contribution in [0.3, 0.4) is 0 Å². The Morgan fingerprint density at radius 2 is 2.14 bits per heavy atom. The number of ether oxygens (including phenoxy) is 2. The first kappa shape index (κ1) is 15.5. The monoisotopic (exact) mass is 303 g/mol. The maximum Gasteiger partial charge on any atom is 0.251 e. The highest BCUT2D eigenvalue weighted by Crippen LogP contribution is 2.32. The van der Waals surface area contributed by atoms with Gasteiger partial charge in [0.25, 0.3) is 5.91 Å². The Labute approximate surface area is 132 Å². The zero-order valence-electron chi connectivity index (χ0n) is 13.2. The lowest BCUT2D eigenvalue weighted by Crippen LogP contribution is -2.39. The Balaban J connectivity index is 1.58. The van der Waals surface area contributed by atoms with Crippen molar-refractivity contribution in [3.8, 4) is 0 Å². The molecule has 22 heavy (non-hydrogen) atoms. The van der Waals surface area contributed by atoms with Crippen LogP contribution in [0.25, 0.3) is 0 Å². The van der Waals surface area contributed by atoms with Crippen LogP contribution >= 0.6 is 0 Å². The number of benzene rings is 1. The Hall–Kier alpha value is -1.39. The average Bonchev–Trinajstić information content (AvgIpc) is 3.24. The van der Waals surface area contributed by atoms with Crippen molar-refractivity contribution in [2.75, 3.05) is 19.8 Å². The van der Waals surface area contributed by atoms with Crippen LogP contribution < -0.4 is 0 Å². The molecule has 3 rings (SSSR count). The van der Waals surface area contributed by atoms with Gasteiger partial charge in [0.15, 0.2) is 0 Å². The van der Waals surface area contributed by atoms with E-state index in [1.807, 2.05) is 30.0 Å². The largest absolute Gasteiger partial charge is 0.376 e. The third-order valence-electron chi connectivity index (χ3n) is 4.62. The topological polar surface area (TPSA) is 38.8 Å². The standard InChI is InChI=1S/C18H25NO3/c1-14(22-13-16-9-6-12-21-16)18(20)19-11-5-10-17(19)15-7-3-2-4-8-15/h2-4,7-8,14,16-17H,5-6,9-13H2,1H3. The summed E-state index contributed by atoms with van der Waals surface area (Å²) in [7, 11) is 0. The molecule has 120 valence electrons. The van der Waals surface area contributed by atoms with Gasteiger partial charge in [-0.15, -0.1) is 0 Å². The first-order valence-corrected chi connectivity index (χ1v) is 8.34. The fourth-order valence-corrected chi connectivity index (χ4v) is 3.38. The van der Waals surface area contributed by atoms with E-state index in [9.17, 15) is 4.79 Å². The fourth-order valence-electron chi connectivity index (χ4n) is 3.38. The molecule has 2 fully saturated rings. The van der Waals surface area contributed by atoms with Crippen molar-refractivity contribution in [2.45, 2.75) is 50.9 Å². The molecule has 0 aromatic heterocycles. The number of hydrogen-bond acceptors (Lipinski definition) is 3. The molecule has 4 nitrogen and oxygen atoms in total. The maximum absolute atomic E-state index is 12.7. The summed E-state index contributed by atoms with van der Waals surface area (Å²) >= 11 is 0. The lowest BCUT2D eigenvalue weighted by Gasteiger charge is -2.28. The second kappa shape index (κ2) is 7.25. The minimum absolute atomic E-state index is 0.101. The molecule has 1 amide bonds. The van der Waals surface area contributed by atoms with Crippen LogP contribution in [0.15, 0.2) is 30.3 Å². The van der Waals surface area contributed by atoms with Gasteiger partial charge in [0.05, 0.1) is 18.8 Å². The zero-order chi connectivity index (χ0) is 15.4. The normalized spacial score (nSPS) is 26.3. The minimum Gasteiger partial charge on any atom is -0.376 e. The maximum atomic E-state index is 12.7. The number of hydrogen-bond donors (Lipinski definition) is 0. The Bertz CT molecular complexity index is 484. The predicted octanol–water partition coefficient (Wildman–Crippen LogP) is 2.93. The van der Waals surface area contributed by atoms with E-state index in [2.05, 4.69) is 12.1 Å². The van der Waals surface area contributed by atoms with E-state index in [1.165, 1.54) is 5.56 Å². The molecule has 3 atom stereocenters. The van der Waals surface area contributed by atoms with Crippen molar-refractivity contribution < 1.29 is 14.3 Å². The van der Waals surface area contributed by atoms with E-state index in [1.54, 1.807) is 0 Å². The van der Waals surface area contributed by atoms with Crippen molar-refractivity contribution in [1.82, 2.24) is 4.90 Å². The summed E-state index contributed by atoms with van der Waals surface area (Å²) in [6.07, 6.45) is 4.00. The summed E-state index contributed by atoms with van der Waals surface area (Å²) in [5.41, 5.74) is 1.22. The Kier molecular flexibility index (Phi) is 5.11. The molecule has 3 unspecified atom stereocenters. The smallest absolute Gasteiger partial charge is 0.251 e. The summed E-state index contributed by atoms with van der Waals surface area (Å²) in [6.45, 7) is 4.03. The van der Waals surface area contributed by atoms with Gasteiger partial charge in [0.1, 0.15) is 6.10 Å². The van der Waals surface area contributed by atoms with Crippen LogP contribution in [-0.4, -0.2) is 42.8 Å². The number of carbonyl (C=O) groups is 1. The van der Waals surface area contributed by atoms with E-state index < -0.39 is 6.10 Å². The molecular weight excluding hydrogens is 278 g/mol. The summed E-state index contributed by atoms with van der Waals surface area (Å²) in [4.78, 5) is 14.7. The van der Waals surface area contributed by atoms with Crippen LogP contribution in [0.2, 0.25) is 0 Å². The van der Waals surface area contributed by atoms with Gasteiger partial charge >= 0.3 is 0 Å². The molecule has 0 spiro atoms. The Morgan fingerprint density at radius 1 is 1.32 bits per heavy atom. The number of nitrogens with zero attached hydrogens (tertiary/aromatic N) is 1. The molecule has 4 heteroatoms. The molecule has 1 aromatic rings. The van der Waals surface area contributed by atoms with Gasteiger partial charge in [-0.3, -0.25) is 4.79 Å². The molecular formula is C18H25NO3. The zero-order valence-corrected chi connectivity index (χ0v) is 13.2. The van der Waals surface area contributed by atoms with Crippen molar-refractivity contribution in [3.63, 3.8) is 0 Å². The van der Waals surface area contributed by atoms with Crippen molar-refractivity contribution >= 4 is 5.91 Å². The van der Waals surface area contributed by atoms with Crippen LogP contribution in [0.4, 0.5) is 0 Å². The van der Waals surface area contributed by atoms with Crippen molar-refractivity contribution in [3.05, 3.63) is 35.9 Å². The summed E-state index contributed by atoms with van der Waals surface area (Å²) in [5.74, 6) is 0.101. The van der Waals surface area contributed by atoms with Gasteiger partial charge in [-0.1, -0.05) is 30.3 Å². The van der Waals surface area contributed by atoms with E-state index in [-0.39, 0.29) is 18.1 Å². The van der Waals surface area contributed by atoms with Gasteiger partial charge < -0.3 is 14.4 Å². The van der Waals surface area contributed by atoms with Gasteiger partial charge in [-0.25, -0.2) is 0 Å². The van der Waals surface area contributed by atoms with Crippen molar-refractivity contribution in [2.24, 2.45) is 0 Å². The summed E-state index contributed by atoms with van der Waals surface area (Å²) in [5, 5.41) is 0. The highest BCUT2D eigenvalue weighted by atomic mass is 16.5. The van der Waals surface area contributed by atoms with E-state index in [0.717, 1.165) is 38.8 Å². The molecule has 0 aliphatic carbocycles. The fraction of sp³-hybridized carbons (Fsp3) is 0.611. The summed E-state index contributed by atoms with van der Waals surface area (Å²) in [6, 6.07) is 10.5. The number of rotatable bonds is 5. The lowest BCUT2D eigenvalue weighted by atomic mass is 10.0. The first-order chi connectivity index (χ1) is 10.8. The van der Waals surface area contributed by atoms with Gasteiger partial charge in [-0.2, -0.15) is 0 Å². The molecule has 0 N–H and O–H groups in total. The lowest BCUT2D eigenvalue weighted by molar-refractivity contribution is -0.145. The molecule has 1 aromatic carbocycles. The van der Waals surface area contributed by atoms with Crippen molar-refractivity contribution in [1.29, 1.82) is 0 Å². The second-order valence-corrected chi connectivity index (χ2v) is 6.21. The molecule has 2 aliphatic heterocycles. The van der Waals surface area contributed by atoms with Crippen LogP contribution in [0.1, 0.15) is 44.2 Å². The number of likely N-dealkylation sites (tertiary alicyclic amines) is 1. The SMILES string of the molecule is CC(OCC1CCCO1)C(=O)N1CCCC1c1ccccc1. The van der Waals surface area contributed by atoms with Gasteiger partial charge in [0.2, 0.25) is 0 Å². The quantitative estimate of drug-likeness (QED) is 0.839. The predicted molar refractivity (Wildman–Crippen MR) is 84.5 cm³/mol. The highest BCUT2D eigenvalue weighted by Gasteiger charge is 2.33. The molecule has 0 bridgehead atoms. The molecule has 2 aliphatic rings.